The molecule has 0 saturated carbocycles. The SMILES string of the molecule is O=c1[nH]c(=O)n(S(=O)(=O)c2ccccc2)c2ccccc12. The quantitative estimate of drug-likeness (QED) is 0.762. The summed E-state index contributed by atoms with van der Waals surface area (Å²) in [6.45, 7) is 0. The summed E-state index contributed by atoms with van der Waals surface area (Å²) in [7, 11) is -4.08. The molecule has 0 aliphatic heterocycles. The minimum absolute atomic E-state index is 0.0238. The average Bonchev–Trinajstić information content (AvgIpc) is 2.48. The van der Waals surface area contributed by atoms with Crippen LogP contribution < -0.4 is 11.2 Å². The topological polar surface area (TPSA) is 89.0 Å². The van der Waals surface area contributed by atoms with Gasteiger partial charge in [-0.25, -0.2) is 13.2 Å². The first-order valence-electron chi connectivity index (χ1n) is 6.06. The number of aromatic nitrogens is 2. The first-order chi connectivity index (χ1) is 10.0. The fourth-order valence-electron chi connectivity index (χ4n) is 2.10. The van der Waals surface area contributed by atoms with Gasteiger partial charge in [0.2, 0.25) is 0 Å². The highest BCUT2D eigenvalue weighted by molar-refractivity contribution is 7.90. The van der Waals surface area contributed by atoms with Crippen molar-refractivity contribution in [2.75, 3.05) is 0 Å². The third-order valence-electron chi connectivity index (χ3n) is 3.05. The standard InChI is InChI=1S/C14H10N2O4S/c17-13-11-8-4-5-9-12(11)16(14(18)15-13)21(19,20)10-6-2-1-3-7-10/h1-9H,(H,15,17,18). The largest absolute Gasteiger partial charge is 0.343 e. The van der Waals surface area contributed by atoms with Crippen LogP contribution in [0.2, 0.25) is 0 Å². The molecule has 0 atom stereocenters. The Kier molecular flexibility index (Phi) is 2.99. The fraction of sp³-hybridized carbons (Fsp3) is 0. The van der Waals surface area contributed by atoms with E-state index in [1.807, 2.05) is 4.98 Å². The summed E-state index contributed by atoms with van der Waals surface area (Å²) in [4.78, 5) is 25.8. The number of H-pyrrole nitrogens is 1. The van der Waals surface area contributed by atoms with Gasteiger partial charge in [0.15, 0.2) is 0 Å². The van der Waals surface area contributed by atoms with E-state index in [0.29, 0.717) is 3.97 Å². The van der Waals surface area contributed by atoms with Crippen molar-refractivity contribution < 1.29 is 8.42 Å². The van der Waals surface area contributed by atoms with Gasteiger partial charge in [-0.1, -0.05) is 30.3 Å². The van der Waals surface area contributed by atoms with E-state index in [4.69, 9.17) is 0 Å². The van der Waals surface area contributed by atoms with Crippen molar-refractivity contribution in [2.45, 2.75) is 4.90 Å². The predicted molar refractivity (Wildman–Crippen MR) is 77.9 cm³/mol. The summed E-state index contributed by atoms with van der Waals surface area (Å²) in [5.74, 6) is 0. The van der Waals surface area contributed by atoms with E-state index in [2.05, 4.69) is 0 Å². The zero-order chi connectivity index (χ0) is 15.0. The summed E-state index contributed by atoms with van der Waals surface area (Å²) in [6, 6.07) is 13.6. The summed E-state index contributed by atoms with van der Waals surface area (Å²) in [5, 5.41) is 0.136. The maximum absolute atomic E-state index is 12.6. The predicted octanol–water partition coefficient (Wildman–Crippen LogP) is 0.927. The van der Waals surface area contributed by atoms with Crippen molar-refractivity contribution in [1.29, 1.82) is 0 Å². The Hall–Kier alpha value is -2.67. The molecule has 0 spiro atoms. The molecule has 0 amide bonds. The summed E-state index contributed by atoms with van der Waals surface area (Å²) in [6.07, 6.45) is 0. The second-order valence-electron chi connectivity index (χ2n) is 4.36. The second-order valence-corrected chi connectivity index (χ2v) is 6.15. The lowest BCUT2D eigenvalue weighted by Crippen LogP contribution is -2.34. The molecule has 3 aromatic rings. The van der Waals surface area contributed by atoms with Crippen molar-refractivity contribution in [2.24, 2.45) is 0 Å². The third-order valence-corrected chi connectivity index (χ3v) is 4.76. The fourth-order valence-corrected chi connectivity index (χ4v) is 3.50. The van der Waals surface area contributed by atoms with Gasteiger partial charge in [0.25, 0.3) is 15.6 Å². The molecule has 1 heterocycles. The Morgan fingerprint density at radius 3 is 2.19 bits per heavy atom. The van der Waals surface area contributed by atoms with E-state index >= 15 is 0 Å². The molecule has 3 rings (SSSR count). The zero-order valence-electron chi connectivity index (χ0n) is 10.7. The normalized spacial score (nSPS) is 11.6. The van der Waals surface area contributed by atoms with Crippen molar-refractivity contribution in [3.63, 3.8) is 0 Å². The minimum atomic E-state index is -4.08. The highest BCUT2D eigenvalue weighted by atomic mass is 32.2. The number of hydrogen-bond acceptors (Lipinski definition) is 4. The van der Waals surface area contributed by atoms with Crippen LogP contribution in [0.3, 0.4) is 0 Å². The van der Waals surface area contributed by atoms with Crippen LogP contribution >= 0.6 is 0 Å². The molecule has 1 aromatic heterocycles. The number of nitrogens with one attached hydrogen (secondary N) is 1. The smallest absolute Gasteiger partial charge is 0.273 e. The Labute approximate surface area is 119 Å². The van der Waals surface area contributed by atoms with Gasteiger partial charge in [-0.15, -0.1) is 0 Å². The van der Waals surface area contributed by atoms with Crippen LogP contribution in [0.15, 0.2) is 69.1 Å². The molecule has 0 unspecified atom stereocenters. The molecule has 0 aliphatic rings. The van der Waals surface area contributed by atoms with Crippen LogP contribution in [0.4, 0.5) is 0 Å². The third kappa shape index (κ3) is 2.07. The molecule has 106 valence electrons. The number of rotatable bonds is 2. The average molecular weight is 302 g/mol. The highest BCUT2D eigenvalue weighted by Gasteiger charge is 2.21. The van der Waals surface area contributed by atoms with E-state index in [1.165, 1.54) is 24.3 Å². The van der Waals surface area contributed by atoms with Gasteiger partial charge in [0, 0.05) is 0 Å². The summed E-state index contributed by atoms with van der Waals surface area (Å²) >= 11 is 0. The number of fused-ring (bicyclic) bond motifs is 1. The van der Waals surface area contributed by atoms with Gasteiger partial charge in [0.1, 0.15) is 0 Å². The summed E-state index contributed by atoms with van der Waals surface area (Å²) < 4.78 is 25.9. The molecule has 1 N–H and O–H groups in total. The van der Waals surface area contributed by atoms with Gasteiger partial charge in [-0.05, 0) is 24.3 Å². The van der Waals surface area contributed by atoms with Crippen LogP contribution in [0.5, 0.6) is 0 Å². The Morgan fingerprint density at radius 2 is 1.48 bits per heavy atom. The second kappa shape index (κ2) is 4.71. The summed E-state index contributed by atoms with van der Waals surface area (Å²) in [5.41, 5.74) is -1.55. The maximum atomic E-state index is 12.6. The first-order valence-corrected chi connectivity index (χ1v) is 7.50. The molecule has 0 fully saturated rings. The lowest BCUT2D eigenvalue weighted by molar-refractivity contribution is 0.586. The van der Waals surface area contributed by atoms with Crippen LogP contribution in [0.1, 0.15) is 0 Å². The Balaban J connectivity index is 2.47. The van der Waals surface area contributed by atoms with Crippen LogP contribution in [-0.4, -0.2) is 17.4 Å². The lowest BCUT2D eigenvalue weighted by atomic mass is 10.2. The first kappa shape index (κ1) is 13.3. The molecular formula is C14H10N2O4S. The molecule has 0 radical (unpaired) electrons. The van der Waals surface area contributed by atoms with Crippen molar-refractivity contribution in [3.05, 3.63) is 75.4 Å². The van der Waals surface area contributed by atoms with Gasteiger partial charge < -0.3 is 0 Å². The molecule has 0 saturated heterocycles. The van der Waals surface area contributed by atoms with E-state index in [-0.39, 0.29) is 15.8 Å². The van der Waals surface area contributed by atoms with Crippen molar-refractivity contribution in [1.82, 2.24) is 8.96 Å². The molecule has 6 nitrogen and oxygen atoms in total. The van der Waals surface area contributed by atoms with Crippen molar-refractivity contribution in [3.8, 4) is 0 Å². The Bertz CT molecular complexity index is 1030. The maximum Gasteiger partial charge on any atom is 0.343 e. The number of hydrogen-bond donors (Lipinski definition) is 1. The minimum Gasteiger partial charge on any atom is -0.273 e. The molecule has 2 aromatic carbocycles. The number of para-hydroxylation sites is 1. The lowest BCUT2D eigenvalue weighted by Gasteiger charge is -2.10. The van der Waals surface area contributed by atoms with E-state index < -0.39 is 21.3 Å². The van der Waals surface area contributed by atoms with Crippen LogP contribution in [0.25, 0.3) is 10.9 Å². The molecule has 7 heteroatoms. The van der Waals surface area contributed by atoms with E-state index in [1.54, 1.807) is 30.3 Å². The molecule has 21 heavy (non-hydrogen) atoms. The highest BCUT2D eigenvalue weighted by Crippen LogP contribution is 2.15. The Morgan fingerprint density at radius 1 is 0.857 bits per heavy atom. The number of aromatic amines is 1. The number of nitrogens with zero attached hydrogens (tertiary/aromatic N) is 1. The molecule has 0 aliphatic carbocycles. The van der Waals surface area contributed by atoms with Gasteiger partial charge in [0.05, 0.1) is 15.8 Å². The molecule has 0 bridgehead atoms. The monoisotopic (exact) mass is 302 g/mol. The number of benzene rings is 2. The zero-order valence-corrected chi connectivity index (χ0v) is 11.5. The van der Waals surface area contributed by atoms with Crippen LogP contribution in [0, 0.1) is 0 Å². The van der Waals surface area contributed by atoms with Gasteiger partial charge in [-0.2, -0.15) is 3.97 Å². The van der Waals surface area contributed by atoms with E-state index in [9.17, 15) is 18.0 Å². The van der Waals surface area contributed by atoms with Crippen LogP contribution in [-0.2, 0) is 10.0 Å². The van der Waals surface area contributed by atoms with Gasteiger partial charge >= 0.3 is 5.69 Å². The van der Waals surface area contributed by atoms with Gasteiger partial charge in [-0.3, -0.25) is 9.78 Å². The molecular weight excluding hydrogens is 292 g/mol. The van der Waals surface area contributed by atoms with Crippen molar-refractivity contribution >= 4 is 20.9 Å². The van der Waals surface area contributed by atoms with E-state index in [0.717, 1.165) is 0 Å².